The van der Waals surface area contributed by atoms with E-state index in [9.17, 15) is 0 Å². The van der Waals surface area contributed by atoms with Crippen molar-refractivity contribution in [3.8, 4) is 0 Å². The van der Waals surface area contributed by atoms with Gasteiger partial charge in [0.2, 0.25) is 0 Å². The van der Waals surface area contributed by atoms with Crippen molar-refractivity contribution in [2.45, 2.75) is 77.6 Å². The lowest BCUT2D eigenvalue weighted by molar-refractivity contribution is 0.557. The fraction of sp³-hybridized carbons (Fsp3) is 0.917. The van der Waals surface area contributed by atoms with Crippen LogP contribution in [0.15, 0.2) is 12.3 Å². The van der Waals surface area contributed by atoms with Gasteiger partial charge in [-0.05, 0) is 19.0 Å². The largest absolute Gasteiger partial charge is 0.390 e. The van der Waals surface area contributed by atoms with Gasteiger partial charge in [0.15, 0.2) is 0 Å². The summed E-state index contributed by atoms with van der Waals surface area (Å²) in [6.07, 6.45) is 19.7. The minimum atomic E-state index is 0.708. The van der Waals surface area contributed by atoms with E-state index in [0.717, 1.165) is 58.9 Å². The third-order valence-corrected chi connectivity index (χ3v) is 5.16. The zero-order valence-corrected chi connectivity index (χ0v) is 20.1. The van der Waals surface area contributed by atoms with Crippen LogP contribution >= 0.6 is 0 Å². The molecule has 0 aromatic heterocycles. The van der Waals surface area contributed by atoms with E-state index in [-0.39, 0.29) is 0 Å². The molecule has 0 aliphatic heterocycles. The molecule has 0 aromatic carbocycles. The molecule has 0 aromatic rings. The molecular formula is C24H54N6. The van der Waals surface area contributed by atoms with E-state index in [2.05, 4.69) is 45.8 Å². The Morgan fingerprint density at radius 3 is 1.47 bits per heavy atom. The molecule has 0 saturated carbocycles. The molecule has 0 amide bonds. The molecular weight excluding hydrogens is 372 g/mol. The van der Waals surface area contributed by atoms with Crippen LogP contribution in [0, 0.1) is 0 Å². The molecule has 0 bridgehead atoms. The Morgan fingerprint density at radius 1 is 0.533 bits per heavy atom. The maximum atomic E-state index is 5.42. The molecule has 0 atom stereocenters. The average molecular weight is 427 g/mol. The van der Waals surface area contributed by atoms with Gasteiger partial charge in [0.1, 0.15) is 0 Å². The van der Waals surface area contributed by atoms with E-state index in [4.69, 9.17) is 5.73 Å². The van der Waals surface area contributed by atoms with Gasteiger partial charge in [-0.2, -0.15) is 0 Å². The Labute approximate surface area is 188 Å². The van der Waals surface area contributed by atoms with Gasteiger partial charge in [-0.15, -0.1) is 0 Å². The van der Waals surface area contributed by atoms with Crippen molar-refractivity contribution < 1.29 is 0 Å². The highest BCUT2D eigenvalue weighted by Gasteiger charge is 1.92. The molecule has 0 fully saturated rings. The summed E-state index contributed by atoms with van der Waals surface area (Å²) in [7, 11) is 0. The fourth-order valence-corrected chi connectivity index (χ4v) is 3.29. The molecule has 0 heterocycles. The third-order valence-electron chi connectivity index (χ3n) is 5.16. The average Bonchev–Trinajstić information content (AvgIpc) is 2.76. The summed E-state index contributed by atoms with van der Waals surface area (Å²) < 4.78 is 0. The van der Waals surface area contributed by atoms with E-state index < -0.39 is 0 Å². The predicted octanol–water partition coefficient (Wildman–Crippen LogP) is 2.72. The molecule has 180 valence electrons. The van der Waals surface area contributed by atoms with Gasteiger partial charge in [0, 0.05) is 65.4 Å². The quantitative estimate of drug-likeness (QED) is 0.119. The van der Waals surface area contributed by atoms with Crippen molar-refractivity contribution in [2.75, 3.05) is 65.4 Å². The SMILES string of the molecule is CCCCCCCCCCCCC=CNCCNCCNCCNCCNCCN. The minimum absolute atomic E-state index is 0.708. The normalized spacial score (nSPS) is 11.5. The predicted molar refractivity (Wildman–Crippen MR) is 134 cm³/mol. The standard InChI is InChI=1S/C24H54N6/c1-2-3-4-5-6-7-8-9-10-11-12-13-15-26-17-19-28-21-23-30-24-22-29-20-18-27-16-14-25/h13,15,26-30H,2-12,14,16-25H2,1H3. The number of rotatable bonds is 26. The minimum Gasteiger partial charge on any atom is -0.390 e. The van der Waals surface area contributed by atoms with Crippen LogP contribution in [0.2, 0.25) is 0 Å². The highest BCUT2D eigenvalue weighted by Crippen LogP contribution is 2.11. The zero-order valence-electron chi connectivity index (χ0n) is 20.1. The number of nitrogens with one attached hydrogen (secondary N) is 5. The van der Waals surface area contributed by atoms with Crippen LogP contribution in [-0.2, 0) is 0 Å². The number of nitrogens with two attached hydrogens (primary N) is 1. The Kier molecular flexibility index (Phi) is 27.7. The first-order chi connectivity index (χ1) is 14.9. The molecule has 0 radical (unpaired) electrons. The van der Waals surface area contributed by atoms with Gasteiger partial charge in [-0.3, -0.25) is 0 Å². The van der Waals surface area contributed by atoms with Crippen molar-refractivity contribution in [2.24, 2.45) is 5.73 Å². The maximum Gasteiger partial charge on any atom is 0.0266 e. The monoisotopic (exact) mass is 426 g/mol. The summed E-state index contributed by atoms with van der Waals surface area (Å²) in [5, 5.41) is 16.9. The summed E-state index contributed by atoms with van der Waals surface area (Å²) in [6, 6.07) is 0. The molecule has 7 N–H and O–H groups in total. The van der Waals surface area contributed by atoms with Gasteiger partial charge >= 0.3 is 0 Å². The number of unbranched alkanes of at least 4 members (excludes halogenated alkanes) is 10. The smallest absolute Gasteiger partial charge is 0.0266 e. The summed E-state index contributed by atoms with van der Waals surface area (Å²) >= 11 is 0. The van der Waals surface area contributed by atoms with Crippen molar-refractivity contribution in [1.29, 1.82) is 0 Å². The topological polar surface area (TPSA) is 86.2 Å². The molecule has 6 nitrogen and oxygen atoms in total. The first-order valence-corrected chi connectivity index (χ1v) is 12.8. The zero-order chi connectivity index (χ0) is 21.8. The second-order valence-electron chi connectivity index (χ2n) is 8.12. The Bertz CT molecular complexity index is 325. The number of hydrogen-bond acceptors (Lipinski definition) is 6. The first kappa shape index (κ1) is 29.3. The van der Waals surface area contributed by atoms with Gasteiger partial charge in [-0.25, -0.2) is 0 Å². The highest BCUT2D eigenvalue weighted by atomic mass is 15.0. The van der Waals surface area contributed by atoms with Crippen LogP contribution in [0.3, 0.4) is 0 Å². The molecule has 0 spiro atoms. The number of hydrogen-bond donors (Lipinski definition) is 6. The van der Waals surface area contributed by atoms with Crippen LogP contribution in [0.25, 0.3) is 0 Å². The maximum absolute atomic E-state index is 5.42. The van der Waals surface area contributed by atoms with Crippen molar-refractivity contribution in [3.63, 3.8) is 0 Å². The van der Waals surface area contributed by atoms with Crippen molar-refractivity contribution >= 4 is 0 Å². The fourth-order valence-electron chi connectivity index (χ4n) is 3.29. The van der Waals surface area contributed by atoms with Crippen molar-refractivity contribution in [3.05, 3.63) is 12.3 Å². The summed E-state index contributed by atoms with van der Waals surface area (Å²) in [4.78, 5) is 0. The second-order valence-corrected chi connectivity index (χ2v) is 8.12. The van der Waals surface area contributed by atoms with Crippen LogP contribution in [0.5, 0.6) is 0 Å². The molecule has 0 aliphatic rings. The summed E-state index contributed by atoms with van der Waals surface area (Å²) in [5.74, 6) is 0. The Balaban J connectivity index is 3.05. The van der Waals surface area contributed by atoms with Gasteiger partial charge in [-0.1, -0.05) is 70.8 Å². The van der Waals surface area contributed by atoms with Gasteiger partial charge in [0.05, 0.1) is 0 Å². The molecule has 30 heavy (non-hydrogen) atoms. The Hall–Kier alpha value is -0.660. The lowest BCUT2D eigenvalue weighted by Gasteiger charge is -2.08. The van der Waals surface area contributed by atoms with E-state index in [1.165, 1.54) is 70.6 Å². The third kappa shape index (κ3) is 27.3. The van der Waals surface area contributed by atoms with Gasteiger partial charge in [0.25, 0.3) is 0 Å². The van der Waals surface area contributed by atoms with Gasteiger partial charge < -0.3 is 32.3 Å². The highest BCUT2D eigenvalue weighted by molar-refractivity contribution is 4.79. The first-order valence-electron chi connectivity index (χ1n) is 12.8. The van der Waals surface area contributed by atoms with Crippen LogP contribution in [0.1, 0.15) is 77.6 Å². The molecule has 0 saturated heterocycles. The molecule has 6 heteroatoms. The van der Waals surface area contributed by atoms with E-state index in [1.807, 2.05) is 0 Å². The van der Waals surface area contributed by atoms with Crippen LogP contribution in [-0.4, -0.2) is 65.4 Å². The van der Waals surface area contributed by atoms with Crippen LogP contribution in [0.4, 0.5) is 0 Å². The number of allylic oxidation sites excluding steroid dienone is 1. The summed E-state index contributed by atoms with van der Waals surface area (Å²) in [6.45, 7) is 11.9. The molecule has 0 aliphatic carbocycles. The molecule has 0 unspecified atom stereocenters. The molecule has 0 rings (SSSR count). The van der Waals surface area contributed by atoms with Crippen molar-refractivity contribution in [1.82, 2.24) is 26.6 Å². The summed E-state index contributed by atoms with van der Waals surface area (Å²) in [5.41, 5.74) is 5.42. The van der Waals surface area contributed by atoms with E-state index >= 15 is 0 Å². The lowest BCUT2D eigenvalue weighted by atomic mass is 10.1. The lowest BCUT2D eigenvalue weighted by Crippen LogP contribution is -2.36. The van der Waals surface area contributed by atoms with Crippen LogP contribution < -0.4 is 32.3 Å². The Morgan fingerprint density at radius 2 is 0.967 bits per heavy atom. The second kappa shape index (κ2) is 28.3. The van der Waals surface area contributed by atoms with E-state index in [0.29, 0.717) is 6.54 Å². The van der Waals surface area contributed by atoms with E-state index in [1.54, 1.807) is 0 Å².